The first-order valence-electron chi connectivity index (χ1n) is 10.1. The van der Waals surface area contributed by atoms with Gasteiger partial charge in [-0.15, -0.1) is 0 Å². The van der Waals surface area contributed by atoms with Crippen LogP contribution in [-0.2, 0) is 17.8 Å². The fourth-order valence-corrected chi connectivity index (χ4v) is 3.72. The Morgan fingerprint density at radius 2 is 1.97 bits per heavy atom. The van der Waals surface area contributed by atoms with Crippen molar-refractivity contribution in [3.8, 4) is 17.0 Å². The van der Waals surface area contributed by atoms with E-state index >= 15 is 0 Å². The molecule has 4 rings (SSSR count). The van der Waals surface area contributed by atoms with Crippen molar-refractivity contribution in [3.63, 3.8) is 0 Å². The predicted molar refractivity (Wildman–Crippen MR) is 114 cm³/mol. The lowest BCUT2D eigenvalue weighted by atomic mass is 10.00. The van der Waals surface area contributed by atoms with Crippen LogP contribution in [0.4, 0.5) is 0 Å². The quantitative estimate of drug-likeness (QED) is 0.532. The van der Waals surface area contributed by atoms with Crippen LogP contribution in [0.2, 0.25) is 0 Å². The summed E-state index contributed by atoms with van der Waals surface area (Å²) < 4.78 is 5.69. The number of rotatable bonds is 8. The molecule has 3 aromatic rings. The van der Waals surface area contributed by atoms with Crippen LogP contribution in [-0.4, -0.2) is 58.5 Å². The third kappa shape index (κ3) is 5.06. The molecule has 1 aliphatic rings. The van der Waals surface area contributed by atoms with Crippen LogP contribution >= 0.6 is 0 Å². The summed E-state index contributed by atoms with van der Waals surface area (Å²) in [5.74, 6) is 0.335. The van der Waals surface area contributed by atoms with Gasteiger partial charge in [0.05, 0.1) is 11.8 Å². The van der Waals surface area contributed by atoms with Crippen LogP contribution in [0.3, 0.4) is 0 Å². The maximum Gasteiger partial charge on any atom is 0.258 e. The monoisotopic (exact) mass is 406 g/mol. The van der Waals surface area contributed by atoms with E-state index in [2.05, 4.69) is 38.6 Å². The number of carbonyl (C=O) groups is 1. The number of β-amino-alcohol motifs (C(OH)–C–C–N with tert-alkyl or cyclic N) is 1. The van der Waals surface area contributed by atoms with Gasteiger partial charge in [0.2, 0.25) is 0 Å². The third-order valence-corrected chi connectivity index (χ3v) is 5.25. The number of nitrogens with zero attached hydrogens (tertiary/aromatic N) is 2. The largest absolute Gasteiger partial charge is 0.483 e. The summed E-state index contributed by atoms with van der Waals surface area (Å²) in [7, 11) is 0. The van der Waals surface area contributed by atoms with Crippen molar-refractivity contribution in [2.24, 2.45) is 0 Å². The Morgan fingerprint density at radius 1 is 1.17 bits per heavy atom. The second kappa shape index (κ2) is 9.56. The molecular weight excluding hydrogens is 380 g/mol. The molecule has 3 N–H and O–H groups in total. The number of H-pyrrole nitrogens is 1. The van der Waals surface area contributed by atoms with Crippen LogP contribution < -0.4 is 10.1 Å². The number of aliphatic hydroxyl groups is 1. The van der Waals surface area contributed by atoms with Crippen LogP contribution in [0.5, 0.6) is 5.75 Å². The number of aromatic amines is 1. The van der Waals surface area contributed by atoms with Gasteiger partial charge in [0.1, 0.15) is 5.75 Å². The smallest absolute Gasteiger partial charge is 0.258 e. The summed E-state index contributed by atoms with van der Waals surface area (Å²) in [6, 6.07) is 17.7. The van der Waals surface area contributed by atoms with Gasteiger partial charge in [-0.1, -0.05) is 36.4 Å². The van der Waals surface area contributed by atoms with E-state index < -0.39 is 6.10 Å². The summed E-state index contributed by atoms with van der Waals surface area (Å²) >= 11 is 0. The minimum absolute atomic E-state index is 0.116. The van der Waals surface area contributed by atoms with Crippen molar-refractivity contribution in [1.82, 2.24) is 20.4 Å². The van der Waals surface area contributed by atoms with E-state index in [4.69, 9.17) is 4.74 Å². The molecule has 0 bridgehead atoms. The van der Waals surface area contributed by atoms with Gasteiger partial charge >= 0.3 is 0 Å². The van der Waals surface area contributed by atoms with Crippen molar-refractivity contribution in [2.45, 2.75) is 19.1 Å². The molecule has 0 aliphatic carbocycles. The zero-order chi connectivity index (χ0) is 20.8. The lowest BCUT2D eigenvalue weighted by Gasteiger charge is -2.30. The van der Waals surface area contributed by atoms with Gasteiger partial charge in [0.15, 0.2) is 6.61 Å². The first-order chi connectivity index (χ1) is 14.7. The molecule has 0 spiro atoms. The highest BCUT2D eigenvalue weighted by molar-refractivity contribution is 5.78. The SMILES string of the molecule is O=C(COc1ccccc1-c1ccn[nH]1)NC[C@@H](O)CN1CCc2ccccc2C1. The molecule has 2 aromatic carbocycles. The van der Waals surface area contributed by atoms with Gasteiger partial charge in [0, 0.05) is 37.9 Å². The number of nitrogens with one attached hydrogen (secondary N) is 2. The van der Waals surface area contributed by atoms with E-state index in [0.717, 1.165) is 30.8 Å². The highest BCUT2D eigenvalue weighted by atomic mass is 16.5. The van der Waals surface area contributed by atoms with Crippen molar-refractivity contribution >= 4 is 5.91 Å². The number of benzene rings is 2. The van der Waals surface area contributed by atoms with E-state index in [1.54, 1.807) is 6.20 Å². The fourth-order valence-electron chi connectivity index (χ4n) is 3.72. The minimum atomic E-state index is -0.628. The van der Waals surface area contributed by atoms with Gasteiger partial charge in [-0.25, -0.2) is 0 Å². The zero-order valence-corrected chi connectivity index (χ0v) is 16.8. The van der Waals surface area contributed by atoms with Crippen LogP contribution in [0.1, 0.15) is 11.1 Å². The summed E-state index contributed by atoms with van der Waals surface area (Å²) in [5, 5.41) is 20.0. The summed E-state index contributed by atoms with van der Waals surface area (Å²) in [6.07, 6.45) is 2.02. The normalized spacial score (nSPS) is 14.7. The first kappa shape index (κ1) is 20.1. The topological polar surface area (TPSA) is 90.5 Å². The Hall–Kier alpha value is -3.16. The molecular formula is C23H26N4O3. The average Bonchev–Trinajstić information content (AvgIpc) is 3.31. The van der Waals surface area contributed by atoms with E-state index in [9.17, 15) is 9.90 Å². The third-order valence-electron chi connectivity index (χ3n) is 5.25. The maximum absolute atomic E-state index is 12.2. The number of hydrogen-bond donors (Lipinski definition) is 3. The molecule has 2 heterocycles. The predicted octanol–water partition coefficient (Wildman–Crippen LogP) is 1.99. The number of aromatic nitrogens is 2. The van der Waals surface area contributed by atoms with Crippen molar-refractivity contribution in [2.75, 3.05) is 26.2 Å². The standard InChI is InChI=1S/C23H26N4O3/c28-19(15-27-12-10-17-5-1-2-6-18(17)14-27)13-24-23(29)16-30-22-8-4-3-7-20(22)21-9-11-25-26-21/h1-9,11,19,28H,10,12-16H2,(H,24,29)(H,25,26)/t19-/m1/s1. The molecule has 0 fully saturated rings. The number of fused-ring (bicyclic) bond motifs is 1. The van der Waals surface area contributed by atoms with E-state index in [1.807, 2.05) is 36.4 Å². The fraction of sp³-hybridized carbons (Fsp3) is 0.304. The van der Waals surface area contributed by atoms with E-state index in [1.165, 1.54) is 11.1 Å². The highest BCUT2D eigenvalue weighted by Crippen LogP contribution is 2.27. The van der Waals surface area contributed by atoms with Crippen molar-refractivity contribution < 1.29 is 14.6 Å². The first-order valence-corrected chi connectivity index (χ1v) is 10.1. The molecule has 7 nitrogen and oxygen atoms in total. The number of carbonyl (C=O) groups excluding carboxylic acids is 1. The summed E-state index contributed by atoms with van der Waals surface area (Å²) in [6.45, 7) is 2.35. The van der Waals surface area contributed by atoms with Crippen LogP contribution in [0, 0.1) is 0 Å². The molecule has 1 aliphatic heterocycles. The van der Waals surface area contributed by atoms with Gasteiger partial charge < -0.3 is 15.2 Å². The number of hydrogen-bond acceptors (Lipinski definition) is 5. The Kier molecular flexibility index (Phi) is 6.41. The number of para-hydroxylation sites is 1. The average molecular weight is 406 g/mol. The molecule has 1 amide bonds. The van der Waals surface area contributed by atoms with E-state index in [0.29, 0.717) is 12.3 Å². The molecule has 1 aromatic heterocycles. The number of aliphatic hydroxyl groups excluding tert-OH is 1. The second-order valence-corrected chi connectivity index (χ2v) is 7.47. The Bertz CT molecular complexity index is 974. The second-order valence-electron chi connectivity index (χ2n) is 7.47. The number of amides is 1. The summed E-state index contributed by atoms with van der Waals surface area (Å²) in [4.78, 5) is 14.4. The van der Waals surface area contributed by atoms with Crippen molar-refractivity contribution in [1.29, 1.82) is 0 Å². The Morgan fingerprint density at radius 3 is 2.80 bits per heavy atom. The van der Waals surface area contributed by atoms with Crippen molar-refractivity contribution in [3.05, 3.63) is 71.9 Å². The van der Waals surface area contributed by atoms with Gasteiger partial charge in [-0.05, 0) is 35.7 Å². The Balaban J connectivity index is 1.22. The molecule has 1 atom stereocenters. The van der Waals surface area contributed by atoms with Crippen LogP contribution in [0.15, 0.2) is 60.8 Å². The highest BCUT2D eigenvalue weighted by Gasteiger charge is 2.19. The van der Waals surface area contributed by atoms with Gasteiger partial charge in [-0.2, -0.15) is 5.10 Å². The molecule has 0 saturated carbocycles. The molecule has 0 saturated heterocycles. The van der Waals surface area contributed by atoms with Gasteiger partial charge in [-0.3, -0.25) is 14.8 Å². The molecule has 0 radical (unpaired) electrons. The maximum atomic E-state index is 12.2. The molecule has 7 heteroatoms. The molecule has 30 heavy (non-hydrogen) atoms. The van der Waals surface area contributed by atoms with E-state index in [-0.39, 0.29) is 19.1 Å². The number of ether oxygens (including phenoxy) is 1. The van der Waals surface area contributed by atoms with Gasteiger partial charge in [0.25, 0.3) is 5.91 Å². The molecule has 156 valence electrons. The van der Waals surface area contributed by atoms with Crippen LogP contribution in [0.25, 0.3) is 11.3 Å². The minimum Gasteiger partial charge on any atom is -0.483 e. The summed E-state index contributed by atoms with van der Waals surface area (Å²) in [5.41, 5.74) is 4.35. The lowest BCUT2D eigenvalue weighted by molar-refractivity contribution is -0.123. The molecule has 0 unspecified atom stereocenters. The Labute approximate surface area is 175 Å². The lowest BCUT2D eigenvalue weighted by Crippen LogP contribution is -2.42. The zero-order valence-electron chi connectivity index (χ0n) is 16.8.